The van der Waals surface area contributed by atoms with Gasteiger partial charge in [0, 0.05) is 19.1 Å². The van der Waals surface area contributed by atoms with Crippen molar-refractivity contribution in [3.05, 3.63) is 0 Å². The van der Waals surface area contributed by atoms with Gasteiger partial charge in [-0.15, -0.1) is 0 Å². The Kier molecular flexibility index (Phi) is 4.00. The lowest BCUT2D eigenvalue weighted by Crippen LogP contribution is -2.46. The van der Waals surface area contributed by atoms with Gasteiger partial charge in [0.15, 0.2) is 0 Å². The molecule has 15 heavy (non-hydrogen) atoms. The van der Waals surface area contributed by atoms with E-state index in [4.69, 9.17) is 0 Å². The molecule has 2 unspecified atom stereocenters. The maximum absolute atomic E-state index is 3.26. The molecule has 2 saturated heterocycles. The Bertz CT molecular complexity index is 191. The Morgan fingerprint density at radius 3 is 2.73 bits per heavy atom. The van der Waals surface area contributed by atoms with Crippen molar-refractivity contribution in [1.29, 1.82) is 0 Å². The van der Waals surface area contributed by atoms with E-state index in [0.29, 0.717) is 0 Å². The first-order valence-corrected chi connectivity index (χ1v) is 6.40. The van der Waals surface area contributed by atoms with E-state index in [0.717, 1.165) is 18.5 Å². The van der Waals surface area contributed by atoms with Crippen molar-refractivity contribution in [3.8, 4) is 0 Å². The molecule has 2 fully saturated rings. The molecular formula is C12H25N3. The van der Waals surface area contributed by atoms with E-state index in [2.05, 4.69) is 22.0 Å². The highest BCUT2D eigenvalue weighted by Crippen LogP contribution is 2.21. The van der Waals surface area contributed by atoms with Crippen LogP contribution in [0.25, 0.3) is 0 Å². The van der Waals surface area contributed by atoms with E-state index in [1.807, 2.05) is 7.05 Å². The predicted molar refractivity (Wildman–Crippen MR) is 64.1 cm³/mol. The molecule has 0 aromatic carbocycles. The van der Waals surface area contributed by atoms with Crippen LogP contribution in [0.1, 0.15) is 19.8 Å². The molecule has 2 atom stereocenters. The summed E-state index contributed by atoms with van der Waals surface area (Å²) < 4.78 is 0. The third-order valence-corrected chi connectivity index (χ3v) is 3.78. The van der Waals surface area contributed by atoms with Crippen LogP contribution in [0.15, 0.2) is 0 Å². The zero-order chi connectivity index (χ0) is 10.7. The molecule has 0 saturated carbocycles. The van der Waals surface area contributed by atoms with Crippen molar-refractivity contribution in [2.24, 2.45) is 5.92 Å². The largest absolute Gasteiger partial charge is 0.319 e. The molecule has 0 radical (unpaired) electrons. The highest BCUT2D eigenvalue weighted by atomic mass is 15.3. The highest BCUT2D eigenvalue weighted by Gasteiger charge is 2.30. The van der Waals surface area contributed by atoms with Gasteiger partial charge in [-0.25, -0.2) is 0 Å². The summed E-state index contributed by atoms with van der Waals surface area (Å²) in [5.74, 6) is 0.783. The molecule has 0 amide bonds. The van der Waals surface area contributed by atoms with Gasteiger partial charge in [-0.1, -0.05) is 6.92 Å². The fourth-order valence-electron chi connectivity index (χ4n) is 2.84. The van der Waals surface area contributed by atoms with Gasteiger partial charge in [-0.3, -0.25) is 4.90 Å². The second-order valence-corrected chi connectivity index (χ2v) is 5.25. The SMILES string of the molecule is CNCC(C)CN1CCC(N2CCC2)C1. The lowest BCUT2D eigenvalue weighted by molar-refractivity contribution is 0.118. The van der Waals surface area contributed by atoms with Crippen LogP contribution >= 0.6 is 0 Å². The topological polar surface area (TPSA) is 18.5 Å². The molecule has 0 bridgehead atoms. The monoisotopic (exact) mass is 211 g/mol. The van der Waals surface area contributed by atoms with Crippen molar-refractivity contribution in [2.75, 3.05) is 46.3 Å². The zero-order valence-corrected chi connectivity index (χ0v) is 10.2. The first kappa shape index (κ1) is 11.4. The van der Waals surface area contributed by atoms with Crippen LogP contribution in [-0.4, -0.2) is 62.2 Å². The summed E-state index contributed by atoms with van der Waals surface area (Å²) in [5, 5.41) is 3.26. The lowest BCUT2D eigenvalue weighted by atomic mass is 10.1. The molecule has 3 nitrogen and oxygen atoms in total. The van der Waals surface area contributed by atoms with Gasteiger partial charge in [0.25, 0.3) is 0 Å². The summed E-state index contributed by atoms with van der Waals surface area (Å²) in [5.41, 5.74) is 0. The molecular weight excluding hydrogens is 186 g/mol. The summed E-state index contributed by atoms with van der Waals surface area (Å²) in [7, 11) is 2.04. The maximum Gasteiger partial charge on any atom is 0.0235 e. The first-order chi connectivity index (χ1) is 7.29. The van der Waals surface area contributed by atoms with Crippen molar-refractivity contribution < 1.29 is 0 Å². The summed E-state index contributed by atoms with van der Waals surface area (Å²) in [6.45, 7) is 10.1. The van der Waals surface area contributed by atoms with E-state index < -0.39 is 0 Å². The number of hydrogen-bond acceptors (Lipinski definition) is 3. The normalized spacial score (nSPS) is 30.4. The number of hydrogen-bond donors (Lipinski definition) is 1. The van der Waals surface area contributed by atoms with Gasteiger partial charge in [0.1, 0.15) is 0 Å². The van der Waals surface area contributed by atoms with E-state index in [-0.39, 0.29) is 0 Å². The Morgan fingerprint density at radius 1 is 1.33 bits per heavy atom. The second-order valence-electron chi connectivity index (χ2n) is 5.25. The van der Waals surface area contributed by atoms with E-state index in [1.165, 1.54) is 45.6 Å². The molecule has 0 aliphatic carbocycles. The Morgan fingerprint density at radius 2 is 2.13 bits per heavy atom. The predicted octanol–water partition coefficient (Wildman–Crippen LogP) is 0.622. The minimum Gasteiger partial charge on any atom is -0.319 e. The first-order valence-electron chi connectivity index (χ1n) is 6.40. The average Bonchev–Trinajstić information content (AvgIpc) is 2.50. The van der Waals surface area contributed by atoms with Gasteiger partial charge in [-0.2, -0.15) is 0 Å². The molecule has 2 aliphatic heterocycles. The molecule has 1 N–H and O–H groups in total. The minimum absolute atomic E-state index is 0.783. The Hall–Kier alpha value is -0.120. The van der Waals surface area contributed by atoms with Gasteiger partial charge >= 0.3 is 0 Å². The number of rotatable bonds is 5. The molecule has 2 rings (SSSR count). The van der Waals surface area contributed by atoms with Crippen molar-refractivity contribution >= 4 is 0 Å². The fraction of sp³-hybridized carbons (Fsp3) is 1.00. The van der Waals surface area contributed by atoms with Gasteiger partial charge in [0.05, 0.1) is 0 Å². The highest BCUT2D eigenvalue weighted by molar-refractivity contribution is 4.87. The summed E-state index contributed by atoms with van der Waals surface area (Å²) in [6.07, 6.45) is 2.82. The van der Waals surface area contributed by atoms with Crippen LogP contribution in [0.5, 0.6) is 0 Å². The molecule has 0 aromatic heterocycles. The lowest BCUT2D eigenvalue weighted by Gasteiger charge is -2.36. The second kappa shape index (κ2) is 5.28. The fourth-order valence-corrected chi connectivity index (χ4v) is 2.84. The number of likely N-dealkylation sites (tertiary alicyclic amines) is 2. The van der Waals surface area contributed by atoms with Crippen molar-refractivity contribution in [2.45, 2.75) is 25.8 Å². The number of nitrogens with one attached hydrogen (secondary N) is 1. The zero-order valence-electron chi connectivity index (χ0n) is 10.2. The summed E-state index contributed by atoms with van der Waals surface area (Å²) >= 11 is 0. The molecule has 2 heterocycles. The quantitative estimate of drug-likeness (QED) is 0.719. The Labute approximate surface area is 93.8 Å². The molecule has 0 aromatic rings. The minimum atomic E-state index is 0.783. The summed E-state index contributed by atoms with van der Waals surface area (Å²) in [6, 6.07) is 0.875. The van der Waals surface area contributed by atoms with Crippen LogP contribution in [0, 0.1) is 5.92 Å². The summed E-state index contributed by atoms with van der Waals surface area (Å²) in [4.78, 5) is 5.30. The molecule has 3 heteroatoms. The smallest absolute Gasteiger partial charge is 0.0235 e. The van der Waals surface area contributed by atoms with E-state index >= 15 is 0 Å². The van der Waals surface area contributed by atoms with Crippen LogP contribution in [0.4, 0.5) is 0 Å². The molecule has 88 valence electrons. The van der Waals surface area contributed by atoms with Crippen LogP contribution < -0.4 is 5.32 Å². The third kappa shape index (κ3) is 2.92. The van der Waals surface area contributed by atoms with Crippen molar-refractivity contribution in [3.63, 3.8) is 0 Å². The van der Waals surface area contributed by atoms with Gasteiger partial charge in [0.2, 0.25) is 0 Å². The number of nitrogens with zero attached hydrogens (tertiary/aromatic N) is 2. The maximum atomic E-state index is 3.26. The Balaban J connectivity index is 1.67. The third-order valence-electron chi connectivity index (χ3n) is 3.78. The molecule has 0 spiro atoms. The van der Waals surface area contributed by atoms with Crippen molar-refractivity contribution in [1.82, 2.24) is 15.1 Å². The van der Waals surface area contributed by atoms with Crippen LogP contribution in [0.3, 0.4) is 0 Å². The van der Waals surface area contributed by atoms with Crippen LogP contribution in [-0.2, 0) is 0 Å². The van der Waals surface area contributed by atoms with Gasteiger partial charge < -0.3 is 10.2 Å². The average molecular weight is 211 g/mol. The van der Waals surface area contributed by atoms with E-state index in [1.54, 1.807) is 0 Å². The molecule has 2 aliphatic rings. The van der Waals surface area contributed by atoms with Crippen LogP contribution in [0.2, 0.25) is 0 Å². The van der Waals surface area contributed by atoms with Gasteiger partial charge in [-0.05, 0) is 52.0 Å². The van der Waals surface area contributed by atoms with E-state index in [9.17, 15) is 0 Å². The standard InChI is InChI=1S/C12H25N3/c1-11(8-13-2)9-14-7-4-12(10-14)15-5-3-6-15/h11-13H,3-10H2,1-2H3.